The van der Waals surface area contributed by atoms with E-state index in [1.165, 1.54) is 6.08 Å². The molecule has 9 heteroatoms. The van der Waals surface area contributed by atoms with Crippen LogP contribution in [0.25, 0.3) is 0 Å². The molecule has 2 N–H and O–H groups in total. The highest BCUT2D eigenvalue weighted by Crippen LogP contribution is 2.41. The fourth-order valence-corrected chi connectivity index (χ4v) is 4.45. The number of carbonyl (C=O) groups is 2. The number of carbonyl (C=O) groups excluding carboxylic acids is 1. The molecule has 3 rings (SSSR count). The van der Waals surface area contributed by atoms with Gasteiger partial charge in [-0.05, 0) is 37.1 Å². The molecule has 2 aliphatic heterocycles. The van der Waals surface area contributed by atoms with Gasteiger partial charge in [-0.1, -0.05) is 13.3 Å². The molecule has 142 valence electrons. The van der Waals surface area contributed by atoms with E-state index >= 15 is 0 Å². The third-order valence-corrected chi connectivity index (χ3v) is 5.93. The lowest BCUT2D eigenvalue weighted by Crippen LogP contribution is -2.47. The monoisotopic (exact) mass is 382 g/mol. The second kappa shape index (κ2) is 6.98. The highest BCUT2D eigenvalue weighted by atomic mass is 32.2. The Hall–Kier alpha value is -1.97. The molecule has 26 heavy (non-hydrogen) atoms. The van der Waals surface area contributed by atoms with Gasteiger partial charge in [0.1, 0.15) is 11.4 Å². The molecule has 0 saturated carbocycles. The number of ketones is 1. The van der Waals surface area contributed by atoms with Crippen LogP contribution in [0.15, 0.2) is 33.9 Å². The quantitative estimate of drug-likeness (QED) is 0.648. The highest BCUT2D eigenvalue weighted by Gasteiger charge is 2.45. The minimum absolute atomic E-state index is 0.238. The number of likely N-dealkylation sites (tertiary alicyclic amines) is 1. The van der Waals surface area contributed by atoms with E-state index in [1.807, 2.05) is 0 Å². The predicted octanol–water partition coefficient (Wildman–Crippen LogP) is 0.796. The van der Waals surface area contributed by atoms with E-state index in [0.717, 1.165) is 37.6 Å². The summed E-state index contributed by atoms with van der Waals surface area (Å²) in [5.41, 5.74) is 1.44. The SMILES string of the molecule is CCCCN1CCC2=C3C(=O)C(S(=O)(=O)O)=CC=C3N(CC(=O)O)C2C1. The Balaban J connectivity index is 2.00. The average Bonchev–Trinajstić information content (AvgIpc) is 2.86. The zero-order valence-corrected chi connectivity index (χ0v) is 15.3. The van der Waals surface area contributed by atoms with E-state index in [1.54, 1.807) is 4.90 Å². The van der Waals surface area contributed by atoms with Gasteiger partial charge in [-0.25, -0.2) is 0 Å². The molecule has 1 saturated heterocycles. The van der Waals surface area contributed by atoms with Crippen LogP contribution in [0, 0.1) is 0 Å². The zero-order valence-electron chi connectivity index (χ0n) is 14.5. The second-order valence-electron chi connectivity index (χ2n) is 6.73. The van der Waals surface area contributed by atoms with Crippen molar-refractivity contribution >= 4 is 21.9 Å². The number of carboxylic acids is 1. The lowest BCUT2D eigenvalue weighted by Gasteiger charge is -2.37. The standard InChI is InChI=1S/C17H22N2O6S/c1-2-3-7-18-8-6-11-13(9-18)19(10-15(20)21)12-4-5-14(26(23,24)25)17(22)16(11)12/h4-5,13H,2-3,6-10H2,1H3,(H,20,21)(H,23,24,25). The van der Waals surface area contributed by atoms with E-state index in [4.69, 9.17) is 0 Å². The number of Topliss-reactive ketones (excluding diaryl/α,β-unsaturated/α-hetero) is 1. The molecule has 1 unspecified atom stereocenters. The van der Waals surface area contributed by atoms with Crippen LogP contribution in [0.1, 0.15) is 26.2 Å². The molecule has 1 atom stereocenters. The summed E-state index contributed by atoms with van der Waals surface area (Å²) in [7, 11) is -4.63. The number of nitrogens with zero attached hydrogens (tertiary/aromatic N) is 2. The first-order valence-corrected chi connectivity index (χ1v) is 10.1. The van der Waals surface area contributed by atoms with Crippen molar-refractivity contribution in [2.75, 3.05) is 26.2 Å². The van der Waals surface area contributed by atoms with Gasteiger partial charge in [0.25, 0.3) is 10.1 Å². The zero-order chi connectivity index (χ0) is 19.1. The first-order valence-electron chi connectivity index (χ1n) is 8.62. The number of aliphatic carboxylic acids is 1. The highest BCUT2D eigenvalue weighted by molar-refractivity contribution is 7.90. The Labute approximate surface area is 152 Å². The Bertz CT molecular complexity index is 839. The molecular formula is C17H22N2O6S. The minimum atomic E-state index is -4.63. The topological polar surface area (TPSA) is 115 Å². The second-order valence-corrected chi connectivity index (χ2v) is 8.12. The summed E-state index contributed by atoms with van der Waals surface area (Å²) in [5.74, 6) is -1.77. The number of unbranched alkanes of at least 4 members (excludes halogenated alkanes) is 1. The van der Waals surface area contributed by atoms with Crippen molar-refractivity contribution in [1.82, 2.24) is 9.80 Å². The van der Waals surface area contributed by atoms with E-state index < -0.39 is 26.8 Å². The van der Waals surface area contributed by atoms with Crippen LogP contribution in [-0.4, -0.2) is 71.9 Å². The number of fused-ring (bicyclic) bond motifs is 2. The van der Waals surface area contributed by atoms with E-state index in [0.29, 0.717) is 18.7 Å². The molecule has 0 radical (unpaired) electrons. The van der Waals surface area contributed by atoms with Gasteiger partial charge in [-0.2, -0.15) is 8.42 Å². The van der Waals surface area contributed by atoms with Crippen LogP contribution in [-0.2, 0) is 19.7 Å². The van der Waals surface area contributed by atoms with Crippen molar-refractivity contribution in [1.29, 1.82) is 0 Å². The molecule has 0 bridgehead atoms. The lowest BCUT2D eigenvalue weighted by molar-refractivity contribution is -0.138. The first kappa shape index (κ1) is 18.8. The first-order chi connectivity index (χ1) is 12.2. The van der Waals surface area contributed by atoms with Gasteiger partial charge in [0.05, 0.1) is 6.04 Å². The van der Waals surface area contributed by atoms with Gasteiger partial charge in [-0.15, -0.1) is 0 Å². The molecule has 2 heterocycles. The maximum Gasteiger partial charge on any atom is 0.323 e. The number of rotatable bonds is 6. The van der Waals surface area contributed by atoms with Crippen LogP contribution < -0.4 is 0 Å². The lowest BCUT2D eigenvalue weighted by atomic mass is 9.92. The van der Waals surface area contributed by atoms with Gasteiger partial charge < -0.3 is 14.9 Å². The summed E-state index contributed by atoms with van der Waals surface area (Å²) in [6.07, 6.45) is 5.14. The van der Waals surface area contributed by atoms with E-state index in [9.17, 15) is 27.7 Å². The predicted molar refractivity (Wildman–Crippen MR) is 93.8 cm³/mol. The van der Waals surface area contributed by atoms with E-state index in [-0.39, 0.29) is 18.2 Å². The molecule has 0 aromatic rings. The summed E-state index contributed by atoms with van der Waals surface area (Å²) >= 11 is 0. The Morgan fingerprint density at radius 3 is 2.69 bits per heavy atom. The van der Waals surface area contributed by atoms with Crippen molar-refractivity contribution < 1.29 is 27.7 Å². The number of piperidine rings is 1. The minimum Gasteiger partial charge on any atom is -0.480 e. The average molecular weight is 382 g/mol. The van der Waals surface area contributed by atoms with Crippen molar-refractivity contribution in [3.63, 3.8) is 0 Å². The molecule has 0 aromatic heterocycles. The molecule has 1 aliphatic carbocycles. The van der Waals surface area contributed by atoms with E-state index in [2.05, 4.69) is 11.8 Å². The van der Waals surface area contributed by atoms with Gasteiger partial charge in [0.2, 0.25) is 5.78 Å². The summed E-state index contributed by atoms with van der Waals surface area (Å²) in [4.78, 5) is 27.3. The molecule has 3 aliphatic rings. The van der Waals surface area contributed by atoms with Crippen LogP contribution in [0.4, 0.5) is 0 Å². The normalized spacial score (nSPS) is 23.5. The molecular weight excluding hydrogens is 360 g/mol. The molecule has 0 aromatic carbocycles. The van der Waals surface area contributed by atoms with Crippen molar-refractivity contribution in [2.24, 2.45) is 0 Å². The molecule has 1 fully saturated rings. The van der Waals surface area contributed by atoms with Crippen LogP contribution in [0.5, 0.6) is 0 Å². The van der Waals surface area contributed by atoms with Gasteiger partial charge in [-0.3, -0.25) is 14.1 Å². The third kappa shape index (κ3) is 3.34. The van der Waals surface area contributed by atoms with Gasteiger partial charge >= 0.3 is 5.97 Å². The number of hydrogen-bond acceptors (Lipinski definition) is 6. The van der Waals surface area contributed by atoms with Crippen LogP contribution in [0.2, 0.25) is 0 Å². The molecule has 8 nitrogen and oxygen atoms in total. The maximum atomic E-state index is 12.7. The van der Waals surface area contributed by atoms with Crippen molar-refractivity contribution in [3.8, 4) is 0 Å². The third-order valence-electron chi connectivity index (χ3n) is 5.05. The molecule has 0 spiro atoms. The summed E-state index contributed by atoms with van der Waals surface area (Å²) in [6.45, 7) is 4.06. The van der Waals surface area contributed by atoms with Crippen molar-refractivity contribution in [2.45, 2.75) is 32.2 Å². The van der Waals surface area contributed by atoms with Gasteiger partial charge in [0, 0.05) is 24.4 Å². The molecule has 0 amide bonds. The number of allylic oxidation sites excluding steroid dienone is 4. The fourth-order valence-electron chi connectivity index (χ4n) is 3.87. The smallest absolute Gasteiger partial charge is 0.323 e. The van der Waals surface area contributed by atoms with Crippen LogP contribution in [0.3, 0.4) is 0 Å². The Kier molecular flexibility index (Phi) is 5.05. The van der Waals surface area contributed by atoms with Crippen molar-refractivity contribution in [3.05, 3.63) is 33.9 Å². The Morgan fingerprint density at radius 2 is 2.08 bits per heavy atom. The maximum absolute atomic E-state index is 12.7. The number of carboxylic acid groups (broad SMARTS) is 1. The van der Waals surface area contributed by atoms with Gasteiger partial charge in [0.15, 0.2) is 0 Å². The summed E-state index contributed by atoms with van der Waals surface area (Å²) in [5, 5.41) is 9.27. The fraction of sp³-hybridized carbons (Fsp3) is 0.529. The van der Waals surface area contributed by atoms with Crippen LogP contribution >= 0.6 is 0 Å². The summed E-state index contributed by atoms with van der Waals surface area (Å²) in [6, 6.07) is -0.268. The number of hydrogen-bond donors (Lipinski definition) is 2. The largest absolute Gasteiger partial charge is 0.480 e. The Morgan fingerprint density at radius 1 is 1.35 bits per heavy atom. The summed E-state index contributed by atoms with van der Waals surface area (Å²) < 4.78 is 32.2.